The fraction of sp³-hybridized carbons (Fsp3) is 0.182. The Kier molecular flexibility index (Phi) is 6.79. The van der Waals surface area contributed by atoms with Crippen molar-refractivity contribution < 1.29 is 24.0 Å². The number of benzene rings is 2. The minimum atomic E-state index is -1.30. The molecule has 3 N–H and O–H groups in total. The molecule has 0 saturated heterocycles. The van der Waals surface area contributed by atoms with E-state index >= 15 is 0 Å². The first-order valence-corrected chi connectivity index (χ1v) is 9.89. The summed E-state index contributed by atoms with van der Waals surface area (Å²) in [5, 5.41) is 18.0. The summed E-state index contributed by atoms with van der Waals surface area (Å²) >= 11 is 6.25. The first-order valence-electron chi connectivity index (χ1n) is 9.51. The fourth-order valence-corrected chi connectivity index (χ4v) is 3.35. The highest BCUT2D eigenvalue weighted by Crippen LogP contribution is 2.34. The first kappa shape index (κ1) is 22.8. The number of hydrogen-bond donors (Lipinski definition) is 3. The van der Waals surface area contributed by atoms with Gasteiger partial charge in [0.05, 0.1) is 34.2 Å². The van der Waals surface area contributed by atoms with Crippen molar-refractivity contribution in [3.63, 3.8) is 0 Å². The van der Waals surface area contributed by atoms with E-state index in [1.54, 1.807) is 56.3 Å². The molecular formula is C22H21ClN4O5. The molecule has 166 valence electrons. The summed E-state index contributed by atoms with van der Waals surface area (Å²) in [7, 11) is 3.49. The van der Waals surface area contributed by atoms with Crippen LogP contribution >= 0.6 is 11.6 Å². The number of hydrogen-bond acceptors (Lipinski definition) is 6. The Morgan fingerprint density at radius 3 is 2.44 bits per heavy atom. The van der Waals surface area contributed by atoms with Crippen molar-refractivity contribution in [3.05, 3.63) is 58.7 Å². The molecule has 32 heavy (non-hydrogen) atoms. The Hall–Kier alpha value is -3.85. The van der Waals surface area contributed by atoms with E-state index in [2.05, 4.69) is 15.8 Å². The van der Waals surface area contributed by atoms with Gasteiger partial charge >= 0.3 is 6.09 Å². The van der Waals surface area contributed by atoms with Gasteiger partial charge in [0.1, 0.15) is 0 Å². The smallest absolute Gasteiger partial charge is 0.409 e. The second kappa shape index (κ2) is 9.52. The van der Waals surface area contributed by atoms with E-state index < -0.39 is 24.2 Å². The zero-order valence-electron chi connectivity index (χ0n) is 17.6. The molecule has 10 heteroatoms. The molecule has 0 radical (unpaired) electrons. The molecule has 0 atom stereocenters. The van der Waals surface area contributed by atoms with Crippen LogP contribution in [0, 0.1) is 6.92 Å². The lowest BCUT2D eigenvalue weighted by Crippen LogP contribution is -2.19. The van der Waals surface area contributed by atoms with Gasteiger partial charge in [-0.25, -0.2) is 4.79 Å². The van der Waals surface area contributed by atoms with Gasteiger partial charge in [-0.2, -0.15) is 0 Å². The normalized spacial score (nSPS) is 10.5. The lowest BCUT2D eigenvalue weighted by Gasteiger charge is -2.19. The van der Waals surface area contributed by atoms with Crippen molar-refractivity contribution in [2.24, 2.45) is 0 Å². The van der Waals surface area contributed by atoms with Crippen molar-refractivity contribution in [2.45, 2.75) is 13.3 Å². The monoisotopic (exact) mass is 456 g/mol. The Labute approximate surface area is 189 Å². The van der Waals surface area contributed by atoms with Gasteiger partial charge in [0.2, 0.25) is 5.91 Å². The number of nitrogens with one attached hydrogen (secondary N) is 2. The summed E-state index contributed by atoms with van der Waals surface area (Å²) in [6.45, 7) is 1.79. The molecule has 0 unspecified atom stereocenters. The van der Waals surface area contributed by atoms with Crippen LogP contribution in [0.3, 0.4) is 0 Å². The maximum atomic E-state index is 12.7. The van der Waals surface area contributed by atoms with Crippen LogP contribution in [-0.4, -0.2) is 42.1 Å². The molecule has 0 fully saturated rings. The van der Waals surface area contributed by atoms with E-state index in [9.17, 15) is 14.4 Å². The number of nitrogens with zero attached hydrogens (tertiary/aromatic N) is 2. The SMILES string of the molecule is Cc1cc(-c2cccc(C(=O)CC(=O)Nc3cc(Cl)c(N(C)C)cc3NC(=O)O)c2)on1. The van der Waals surface area contributed by atoms with Gasteiger partial charge in [0.25, 0.3) is 0 Å². The highest BCUT2D eigenvalue weighted by molar-refractivity contribution is 6.34. The highest BCUT2D eigenvalue weighted by Gasteiger charge is 2.18. The number of ketones is 1. The maximum absolute atomic E-state index is 12.7. The molecule has 3 rings (SSSR count). The molecular weight excluding hydrogens is 436 g/mol. The maximum Gasteiger partial charge on any atom is 0.409 e. The molecule has 0 spiro atoms. The lowest BCUT2D eigenvalue weighted by atomic mass is 10.0. The third kappa shape index (κ3) is 5.44. The number of aromatic nitrogens is 1. The number of Topliss-reactive ketones (excluding diaryl/α,β-unsaturated/α-hetero) is 1. The average Bonchev–Trinajstić information content (AvgIpc) is 3.15. The summed E-state index contributed by atoms with van der Waals surface area (Å²) < 4.78 is 5.22. The van der Waals surface area contributed by atoms with Crippen molar-refractivity contribution in [3.8, 4) is 11.3 Å². The average molecular weight is 457 g/mol. The van der Waals surface area contributed by atoms with Crippen LogP contribution in [0.5, 0.6) is 0 Å². The zero-order chi connectivity index (χ0) is 23.4. The van der Waals surface area contributed by atoms with Crippen LogP contribution in [0.25, 0.3) is 11.3 Å². The minimum Gasteiger partial charge on any atom is -0.465 e. The third-order valence-electron chi connectivity index (χ3n) is 4.50. The molecule has 0 aliphatic rings. The first-order chi connectivity index (χ1) is 15.1. The summed E-state index contributed by atoms with van der Waals surface area (Å²) in [4.78, 5) is 38.0. The number of anilines is 3. The quantitative estimate of drug-likeness (QED) is 0.348. The minimum absolute atomic E-state index is 0.133. The predicted octanol–water partition coefficient (Wildman–Crippen LogP) is 4.67. The molecule has 0 aliphatic carbocycles. The van der Waals surface area contributed by atoms with Gasteiger partial charge < -0.3 is 19.8 Å². The van der Waals surface area contributed by atoms with Gasteiger partial charge in [-0.05, 0) is 25.1 Å². The fourth-order valence-electron chi connectivity index (χ4n) is 3.01. The molecule has 0 aliphatic heterocycles. The summed E-state index contributed by atoms with van der Waals surface area (Å²) in [6.07, 6.45) is -1.75. The Morgan fingerprint density at radius 1 is 1.09 bits per heavy atom. The summed E-state index contributed by atoms with van der Waals surface area (Å²) in [6, 6.07) is 11.3. The van der Waals surface area contributed by atoms with E-state index in [1.165, 1.54) is 12.1 Å². The molecule has 3 aromatic rings. The van der Waals surface area contributed by atoms with Crippen molar-refractivity contribution >= 4 is 46.4 Å². The van der Waals surface area contributed by atoms with E-state index in [1.807, 2.05) is 0 Å². The van der Waals surface area contributed by atoms with Crippen molar-refractivity contribution in [1.82, 2.24) is 5.16 Å². The molecule has 2 aromatic carbocycles. The van der Waals surface area contributed by atoms with Crippen LogP contribution in [-0.2, 0) is 4.79 Å². The van der Waals surface area contributed by atoms with Gasteiger partial charge in [-0.15, -0.1) is 0 Å². The van der Waals surface area contributed by atoms with Crippen molar-refractivity contribution in [2.75, 3.05) is 29.6 Å². The molecule has 1 aromatic heterocycles. The van der Waals surface area contributed by atoms with Crippen molar-refractivity contribution in [1.29, 1.82) is 0 Å². The predicted molar refractivity (Wildman–Crippen MR) is 122 cm³/mol. The van der Waals surface area contributed by atoms with Crippen LogP contribution in [0.4, 0.5) is 21.9 Å². The largest absolute Gasteiger partial charge is 0.465 e. The second-order valence-corrected chi connectivity index (χ2v) is 7.64. The Balaban J connectivity index is 1.77. The number of aryl methyl sites for hydroxylation is 1. The number of rotatable bonds is 7. The van der Waals surface area contributed by atoms with Crippen LogP contribution in [0.15, 0.2) is 47.0 Å². The van der Waals surface area contributed by atoms with E-state index in [4.69, 9.17) is 21.2 Å². The van der Waals surface area contributed by atoms with E-state index in [0.717, 1.165) is 0 Å². The van der Waals surface area contributed by atoms with Crippen LogP contribution < -0.4 is 15.5 Å². The molecule has 0 bridgehead atoms. The number of carbonyl (C=O) groups is 3. The number of amides is 2. The Morgan fingerprint density at radius 2 is 1.81 bits per heavy atom. The number of carbonyl (C=O) groups excluding carboxylic acids is 2. The topological polar surface area (TPSA) is 125 Å². The highest BCUT2D eigenvalue weighted by atomic mass is 35.5. The third-order valence-corrected chi connectivity index (χ3v) is 4.81. The molecule has 0 saturated carbocycles. The van der Waals surface area contributed by atoms with Crippen LogP contribution in [0.2, 0.25) is 5.02 Å². The van der Waals surface area contributed by atoms with E-state index in [0.29, 0.717) is 33.3 Å². The molecule has 2 amide bonds. The summed E-state index contributed by atoms with van der Waals surface area (Å²) in [5.41, 5.74) is 2.54. The van der Waals surface area contributed by atoms with E-state index in [-0.39, 0.29) is 11.4 Å². The molecule has 9 nitrogen and oxygen atoms in total. The number of carboxylic acid groups (broad SMARTS) is 1. The lowest BCUT2D eigenvalue weighted by molar-refractivity contribution is -0.115. The standard InChI is InChI=1S/C22H21ClN4O5/c1-12-7-20(32-26-12)14-6-4-5-13(8-14)19(28)11-21(29)24-16-9-15(23)18(27(2)3)10-17(16)25-22(30)31/h4-10,25H,11H2,1-3H3,(H,24,29)(H,30,31). The number of halogens is 1. The second-order valence-electron chi connectivity index (χ2n) is 7.24. The van der Waals surface area contributed by atoms with Gasteiger partial charge in [0.15, 0.2) is 11.5 Å². The van der Waals surface area contributed by atoms with Crippen LogP contribution in [0.1, 0.15) is 22.5 Å². The van der Waals surface area contributed by atoms with Gasteiger partial charge in [-0.1, -0.05) is 35.0 Å². The summed E-state index contributed by atoms with van der Waals surface area (Å²) in [5.74, 6) is -0.510. The van der Waals surface area contributed by atoms with Gasteiger partial charge in [-0.3, -0.25) is 14.9 Å². The van der Waals surface area contributed by atoms with Gasteiger partial charge in [0, 0.05) is 31.3 Å². The Bertz CT molecular complexity index is 1190. The molecule has 1 heterocycles. The zero-order valence-corrected chi connectivity index (χ0v) is 18.4.